The standard InChI is InChI=1S/C16H17ClN2O2/c1-18-10-14(12-2-4-13(17)5-3-12)16(15(18)11-20)19-6-8-21-9-7-19/h2-5,10-11H,6-9H2,1H3. The molecule has 0 N–H and O–H groups in total. The van der Waals surface area contributed by atoms with Crippen molar-refractivity contribution in [1.29, 1.82) is 0 Å². The lowest BCUT2D eigenvalue weighted by Gasteiger charge is -2.29. The molecule has 2 heterocycles. The number of nitrogens with zero attached hydrogens (tertiary/aromatic N) is 2. The van der Waals surface area contributed by atoms with Crippen molar-refractivity contribution in [1.82, 2.24) is 4.57 Å². The summed E-state index contributed by atoms with van der Waals surface area (Å²) in [6.45, 7) is 2.97. The smallest absolute Gasteiger partial charge is 0.168 e. The van der Waals surface area contributed by atoms with Crippen LogP contribution in [0.15, 0.2) is 30.5 Å². The van der Waals surface area contributed by atoms with Crippen LogP contribution in [0.25, 0.3) is 11.1 Å². The Morgan fingerprint density at radius 1 is 1.19 bits per heavy atom. The van der Waals surface area contributed by atoms with Crippen molar-refractivity contribution >= 4 is 23.6 Å². The van der Waals surface area contributed by atoms with Crippen molar-refractivity contribution in [2.45, 2.75) is 0 Å². The fourth-order valence-corrected chi connectivity index (χ4v) is 2.85. The molecule has 0 radical (unpaired) electrons. The molecule has 21 heavy (non-hydrogen) atoms. The van der Waals surface area contributed by atoms with Gasteiger partial charge in [-0.25, -0.2) is 0 Å². The first kappa shape index (κ1) is 14.2. The molecular weight excluding hydrogens is 288 g/mol. The van der Waals surface area contributed by atoms with Gasteiger partial charge < -0.3 is 14.2 Å². The minimum Gasteiger partial charge on any atom is -0.378 e. The molecule has 0 atom stereocenters. The zero-order valence-corrected chi connectivity index (χ0v) is 12.6. The Morgan fingerprint density at radius 3 is 2.48 bits per heavy atom. The summed E-state index contributed by atoms with van der Waals surface area (Å²) in [5, 5.41) is 0.707. The van der Waals surface area contributed by atoms with Crippen LogP contribution in [0.4, 0.5) is 5.69 Å². The second-order valence-corrected chi connectivity index (χ2v) is 5.55. The molecule has 110 valence electrons. The molecule has 0 unspecified atom stereocenters. The fraction of sp³-hybridized carbons (Fsp3) is 0.312. The van der Waals surface area contributed by atoms with Crippen molar-refractivity contribution < 1.29 is 9.53 Å². The van der Waals surface area contributed by atoms with E-state index in [0.29, 0.717) is 23.9 Å². The molecule has 1 aliphatic rings. The van der Waals surface area contributed by atoms with E-state index in [4.69, 9.17) is 16.3 Å². The Balaban J connectivity index is 2.11. The van der Waals surface area contributed by atoms with Crippen molar-refractivity contribution in [3.8, 4) is 11.1 Å². The monoisotopic (exact) mass is 304 g/mol. The van der Waals surface area contributed by atoms with E-state index in [1.54, 1.807) is 0 Å². The lowest BCUT2D eigenvalue weighted by Crippen LogP contribution is -2.36. The number of hydrogen-bond donors (Lipinski definition) is 0. The number of rotatable bonds is 3. The second-order valence-electron chi connectivity index (χ2n) is 5.11. The SMILES string of the molecule is Cn1cc(-c2ccc(Cl)cc2)c(N2CCOCC2)c1C=O. The van der Waals surface area contributed by atoms with Crippen LogP contribution in [0.1, 0.15) is 10.5 Å². The first-order chi connectivity index (χ1) is 10.2. The molecule has 3 rings (SSSR count). The van der Waals surface area contributed by atoms with E-state index >= 15 is 0 Å². The Morgan fingerprint density at radius 2 is 1.86 bits per heavy atom. The molecule has 1 aliphatic heterocycles. The van der Waals surface area contributed by atoms with E-state index in [9.17, 15) is 4.79 Å². The number of carbonyl (C=O) groups excluding carboxylic acids is 1. The molecule has 0 spiro atoms. The summed E-state index contributed by atoms with van der Waals surface area (Å²) in [6, 6.07) is 7.70. The maximum absolute atomic E-state index is 11.5. The largest absolute Gasteiger partial charge is 0.378 e. The molecule has 1 aromatic heterocycles. The lowest BCUT2D eigenvalue weighted by molar-refractivity contribution is 0.111. The van der Waals surface area contributed by atoms with E-state index < -0.39 is 0 Å². The number of morpholine rings is 1. The molecule has 5 heteroatoms. The van der Waals surface area contributed by atoms with E-state index in [-0.39, 0.29) is 0 Å². The van der Waals surface area contributed by atoms with Crippen LogP contribution in [-0.4, -0.2) is 37.2 Å². The number of ether oxygens (including phenoxy) is 1. The lowest BCUT2D eigenvalue weighted by atomic mass is 10.1. The highest BCUT2D eigenvalue weighted by Gasteiger charge is 2.22. The van der Waals surface area contributed by atoms with Crippen LogP contribution in [-0.2, 0) is 11.8 Å². The number of aryl methyl sites for hydroxylation is 1. The van der Waals surface area contributed by atoms with Crippen LogP contribution >= 0.6 is 11.6 Å². The number of halogens is 1. The highest BCUT2D eigenvalue weighted by atomic mass is 35.5. The molecule has 4 nitrogen and oxygen atoms in total. The van der Waals surface area contributed by atoms with Gasteiger partial charge in [0.2, 0.25) is 0 Å². The van der Waals surface area contributed by atoms with Gasteiger partial charge in [0.15, 0.2) is 6.29 Å². The summed E-state index contributed by atoms with van der Waals surface area (Å²) < 4.78 is 7.29. The minimum atomic E-state index is 0.688. The van der Waals surface area contributed by atoms with Crippen LogP contribution in [0.3, 0.4) is 0 Å². The average molecular weight is 305 g/mol. The number of aromatic nitrogens is 1. The van der Waals surface area contributed by atoms with Gasteiger partial charge in [-0.2, -0.15) is 0 Å². The average Bonchev–Trinajstić information content (AvgIpc) is 2.85. The number of aldehydes is 1. The van der Waals surface area contributed by atoms with Gasteiger partial charge in [-0.05, 0) is 17.7 Å². The summed E-state index contributed by atoms with van der Waals surface area (Å²) in [5.41, 5.74) is 3.79. The van der Waals surface area contributed by atoms with Gasteiger partial charge in [0, 0.05) is 36.9 Å². The summed E-state index contributed by atoms with van der Waals surface area (Å²) in [7, 11) is 1.90. The zero-order valence-electron chi connectivity index (χ0n) is 11.9. The molecule has 2 aromatic rings. The molecule has 1 saturated heterocycles. The molecule has 1 aromatic carbocycles. The van der Waals surface area contributed by atoms with Gasteiger partial charge in [0.1, 0.15) is 5.69 Å². The summed E-state index contributed by atoms with van der Waals surface area (Å²) in [5.74, 6) is 0. The van der Waals surface area contributed by atoms with Gasteiger partial charge in [-0.15, -0.1) is 0 Å². The number of carbonyl (C=O) groups is 1. The summed E-state index contributed by atoms with van der Waals surface area (Å²) >= 11 is 5.96. The van der Waals surface area contributed by atoms with Gasteiger partial charge >= 0.3 is 0 Å². The van der Waals surface area contributed by atoms with E-state index in [0.717, 1.165) is 36.2 Å². The van der Waals surface area contributed by atoms with Crippen molar-refractivity contribution in [3.63, 3.8) is 0 Å². The van der Waals surface area contributed by atoms with Gasteiger partial charge in [-0.1, -0.05) is 23.7 Å². The maximum Gasteiger partial charge on any atom is 0.168 e. The first-order valence-electron chi connectivity index (χ1n) is 6.94. The predicted molar refractivity (Wildman–Crippen MR) is 84.3 cm³/mol. The van der Waals surface area contributed by atoms with Gasteiger partial charge in [-0.3, -0.25) is 4.79 Å². The third-order valence-electron chi connectivity index (χ3n) is 3.79. The number of benzene rings is 1. The third kappa shape index (κ3) is 2.69. The zero-order chi connectivity index (χ0) is 14.8. The highest BCUT2D eigenvalue weighted by molar-refractivity contribution is 6.30. The molecule has 0 aliphatic carbocycles. The van der Waals surface area contributed by atoms with Crippen LogP contribution in [0, 0.1) is 0 Å². The summed E-state index contributed by atoms with van der Waals surface area (Å²) in [4.78, 5) is 13.7. The van der Waals surface area contributed by atoms with Crippen molar-refractivity contribution in [2.75, 3.05) is 31.2 Å². The topological polar surface area (TPSA) is 34.5 Å². The molecule has 0 saturated carbocycles. The Labute approximate surface area is 128 Å². The predicted octanol–water partition coefficient (Wildman–Crippen LogP) is 2.99. The van der Waals surface area contributed by atoms with Gasteiger partial charge in [0.05, 0.1) is 18.9 Å². The first-order valence-corrected chi connectivity index (χ1v) is 7.31. The van der Waals surface area contributed by atoms with Crippen LogP contribution in [0.5, 0.6) is 0 Å². The quantitative estimate of drug-likeness (QED) is 0.818. The fourth-order valence-electron chi connectivity index (χ4n) is 2.73. The highest BCUT2D eigenvalue weighted by Crippen LogP contribution is 2.35. The number of anilines is 1. The minimum absolute atomic E-state index is 0.688. The molecule has 1 fully saturated rings. The molecule has 0 amide bonds. The maximum atomic E-state index is 11.5. The van der Waals surface area contributed by atoms with Crippen molar-refractivity contribution in [2.24, 2.45) is 7.05 Å². The van der Waals surface area contributed by atoms with Crippen LogP contribution < -0.4 is 4.90 Å². The number of hydrogen-bond acceptors (Lipinski definition) is 3. The third-order valence-corrected chi connectivity index (χ3v) is 4.05. The van der Waals surface area contributed by atoms with E-state index in [1.807, 2.05) is 42.1 Å². The second kappa shape index (κ2) is 5.92. The van der Waals surface area contributed by atoms with Crippen LogP contribution in [0.2, 0.25) is 5.02 Å². The summed E-state index contributed by atoms with van der Waals surface area (Å²) in [6.07, 6.45) is 2.92. The van der Waals surface area contributed by atoms with Gasteiger partial charge in [0.25, 0.3) is 0 Å². The van der Waals surface area contributed by atoms with Crippen molar-refractivity contribution in [3.05, 3.63) is 41.2 Å². The van der Waals surface area contributed by atoms with E-state index in [2.05, 4.69) is 4.90 Å². The Hall–Kier alpha value is -1.78. The normalized spacial score (nSPS) is 15.2. The Kier molecular flexibility index (Phi) is 3.99. The molecule has 0 bridgehead atoms. The van der Waals surface area contributed by atoms with E-state index in [1.165, 1.54) is 0 Å². The molecular formula is C16H17ClN2O2. The Bertz CT molecular complexity index is 643.